The van der Waals surface area contributed by atoms with Crippen molar-refractivity contribution in [3.8, 4) is 23.0 Å². The Kier molecular flexibility index (Phi) is 7.35. The number of amides is 1. The number of nitrogens with zero attached hydrogens (tertiary/aromatic N) is 1. The van der Waals surface area contributed by atoms with E-state index in [9.17, 15) is 4.79 Å². The summed E-state index contributed by atoms with van der Waals surface area (Å²) in [6.07, 6.45) is 4.18. The van der Waals surface area contributed by atoms with Gasteiger partial charge in [-0.2, -0.15) is 0 Å². The number of benzene rings is 2. The van der Waals surface area contributed by atoms with Crippen LogP contribution in [0.2, 0.25) is 5.02 Å². The summed E-state index contributed by atoms with van der Waals surface area (Å²) in [5.74, 6) is 3.31. The molecule has 1 saturated carbocycles. The lowest BCUT2D eigenvalue weighted by atomic mass is 10.1. The van der Waals surface area contributed by atoms with E-state index in [0.29, 0.717) is 28.2 Å². The van der Waals surface area contributed by atoms with E-state index in [2.05, 4.69) is 10.3 Å². The molecule has 0 radical (unpaired) electrons. The smallest absolute Gasteiger partial charge is 0.217 e. The van der Waals surface area contributed by atoms with Gasteiger partial charge in [-0.1, -0.05) is 23.7 Å². The SMILES string of the molecule is CC(=O)NC(C)c1ccc(OCc2ccc(Oc3cccc(OCC4CC4)c3)cn2)c(Cl)c1. The lowest BCUT2D eigenvalue weighted by Crippen LogP contribution is -2.23. The van der Waals surface area contributed by atoms with Gasteiger partial charge in [-0.05, 0) is 67.6 Å². The quantitative estimate of drug-likeness (QED) is 0.391. The van der Waals surface area contributed by atoms with Crippen molar-refractivity contribution in [3.63, 3.8) is 0 Å². The van der Waals surface area contributed by atoms with Crippen molar-refractivity contribution in [2.45, 2.75) is 39.3 Å². The molecule has 4 rings (SSSR count). The Morgan fingerprint density at radius 1 is 1.09 bits per heavy atom. The minimum Gasteiger partial charge on any atom is -0.493 e. The molecule has 2 aromatic carbocycles. The van der Waals surface area contributed by atoms with Gasteiger partial charge in [0.1, 0.15) is 29.6 Å². The molecule has 0 saturated heterocycles. The summed E-state index contributed by atoms with van der Waals surface area (Å²) in [5.41, 5.74) is 1.65. The fraction of sp³-hybridized carbons (Fsp3) is 0.308. The molecule has 0 bridgehead atoms. The van der Waals surface area contributed by atoms with Crippen LogP contribution in [-0.4, -0.2) is 17.5 Å². The molecule has 172 valence electrons. The first-order valence-electron chi connectivity index (χ1n) is 11.0. The third kappa shape index (κ3) is 6.86. The molecule has 0 aliphatic heterocycles. The highest BCUT2D eigenvalue weighted by Crippen LogP contribution is 2.31. The fourth-order valence-electron chi connectivity index (χ4n) is 3.26. The van der Waals surface area contributed by atoms with Crippen LogP contribution in [0.5, 0.6) is 23.0 Å². The monoisotopic (exact) mass is 466 g/mol. The average molecular weight is 467 g/mol. The predicted molar refractivity (Wildman–Crippen MR) is 127 cm³/mol. The minimum absolute atomic E-state index is 0.0907. The molecule has 3 aromatic rings. The second kappa shape index (κ2) is 10.6. The van der Waals surface area contributed by atoms with Crippen molar-refractivity contribution >= 4 is 17.5 Å². The van der Waals surface area contributed by atoms with E-state index in [-0.39, 0.29) is 18.6 Å². The number of aromatic nitrogens is 1. The van der Waals surface area contributed by atoms with Gasteiger partial charge in [0.25, 0.3) is 0 Å². The summed E-state index contributed by atoms with van der Waals surface area (Å²) >= 11 is 6.36. The predicted octanol–water partition coefficient (Wildman–Crippen LogP) is 6.09. The summed E-state index contributed by atoms with van der Waals surface area (Å²) in [4.78, 5) is 15.7. The van der Waals surface area contributed by atoms with Crippen LogP contribution >= 0.6 is 11.6 Å². The average Bonchev–Trinajstić information content (AvgIpc) is 3.62. The largest absolute Gasteiger partial charge is 0.493 e. The van der Waals surface area contributed by atoms with Gasteiger partial charge < -0.3 is 19.5 Å². The Balaban J connectivity index is 1.31. The number of halogens is 1. The maximum absolute atomic E-state index is 11.2. The number of carbonyl (C=O) groups excluding carboxylic acids is 1. The van der Waals surface area contributed by atoms with Crippen LogP contribution < -0.4 is 19.5 Å². The van der Waals surface area contributed by atoms with E-state index in [4.69, 9.17) is 25.8 Å². The van der Waals surface area contributed by atoms with Crippen LogP contribution in [0.3, 0.4) is 0 Å². The van der Waals surface area contributed by atoms with Crippen LogP contribution in [-0.2, 0) is 11.4 Å². The summed E-state index contributed by atoms with van der Waals surface area (Å²) in [5, 5.41) is 3.32. The molecule has 1 heterocycles. The summed E-state index contributed by atoms with van der Waals surface area (Å²) in [6, 6.07) is 16.7. The maximum Gasteiger partial charge on any atom is 0.217 e. The van der Waals surface area contributed by atoms with Crippen molar-refractivity contribution in [1.29, 1.82) is 0 Å². The molecule has 1 fully saturated rings. The lowest BCUT2D eigenvalue weighted by Gasteiger charge is -2.15. The molecule has 1 atom stereocenters. The second-order valence-corrected chi connectivity index (χ2v) is 8.62. The van der Waals surface area contributed by atoms with Gasteiger partial charge >= 0.3 is 0 Å². The van der Waals surface area contributed by atoms with Crippen LogP contribution in [0, 0.1) is 5.92 Å². The first kappa shape index (κ1) is 22.9. The lowest BCUT2D eigenvalue weighted by molar-refractivity contribution is -0.119. The molecule has 1 aromatic heterocycles. The Bertz CT molecular complexity index is 1100. The van der Waals surface area contributed by atoms with Crippen LogP contribution in [0.1, 0.15) is 44.0 Å². The molecule has 7 heteroatoms. The zero-order valence-corrected chi connectivity index (χ0v) is 19.5. The normalized spacial score (nSPS) is 13.8. The fourth-order valence-corrected chi connectivity index (χ4v) is 3.51. The van der Waals surface area contributed by atoms with Crippen molar-refractivity contribution < 1.29 is 19.0 Å². The first-order valence-corrected chi connectivity index (χ1v) is 11.4. The van der Waals surface area contributed by atoms with E-state index in [1.54, 1.807) is 18.3 Å². The number of ether oxygens (including phenoxy) is 3. The molecule has 1 aliphatic carbocycles. The van der Waals surface area contributed by atoms with Gasteiger partial charge in [0, 0.05) is 13.0 Å². The molecular weight excluding hydrogens is 440 g/mol. The Morgan fingerprint density at radius 3 is 2.61 bits per heavy atom. The maximum atomic E-state index is 11.2. The summed E-state index contributed by atoms with van der Waals surface area (Å²) in [7, 11) is 0. The van der Waals surface area contributed by atoms with Crippen molar-refractivity contribution in [2.75, 3.05) is 6.61 Å². The molecule has 6 nitrogen and oxygen atoms in total. The Labute approximate surface area is 198 Å². The van der Waals surface area contributed by atoms with Gasteiger partial charge in [0.2, 0.25) is 5.91 Å². The van der Waals surface area contributed by atoms with Crippen LogP contribution in [0.4, 0.5) is 0 Å². The number of hydrogen-bond acceptors (Lipinski definition) is 5. The third-order valence-electron chi connectivity index (χ3n) is 5.27. The zero-order valence-electron chi connectivity index (χ0n) is 18.7. The standard InChI is InChI=1S/C26H27ClN2O4/c1-17(29-18(2)30)20-8-11-26(25(27)12-20)32-16-21-9-10-24(14-28-21)33-23-5-3-4-22(13-23)31-15-19-6-7-19/h3-5,8-14,17,19H,6-7,15-16H2,1-2H3,(H,29,30). The van der Waals surface area contributed by atoms with Crippen LogP contribution in [0.25, 0.3) is 0 Å². The summed E-state index contributed by atoms with van der Waals surface area (Å²) in [6.45, 7) is 4.42. The van der Waals surface area contributed by atoms with Gasteiger partial charge in [-0.3, -0.25) is 9.78 Å². The first-order chi connectivity index (χ1) is 16.0. The third-order valence-corrected chi connectivity index (χ3v) is 5.57. The molecule has 1 N–H and O–H groups in total. The highest BCUT2D eigenvalue weighted by molar-refractivity contribution is 6.32. The van der Waals surface area contributed by atoms with E-state index < -0.39 is 0 Å². The van der Waals surface area contributed by atoms with E-state index in [1.807, 2.05) is 49.4 Å². The zero-order chi connectivity index (χ0) is 23.2. The van der Waals surface area contributed by atoms with E-state index >= 15 is 0 Å². The number of nitrogens with one attached hydrogen (secondary N) is 1. The number of pyridine rings is 1. The molecule has 33 heavy (non-hydrogen) atoms. The van der Waals surface area contributed by atoms with Gasteiger partial charge in [-0.15, -0.1) is 0 Å². The van der Waals surface area contributed by atoms with Crippen molar-refractivity contribution in [2.24, 2.45) is 5.92 Å². The van der Waals surface area contributed by atoms with Crippen LogP contribution in [0.15, 0.2) is 60.8 Å². The molecule has 1 aliphatic rings. The van der Waals surface area contributed by atoms with Gasteiger partial charge in [-0.25, -0.2) is 0 Å². The second-order valence-electron chi connectivity index (χ2n) is 8.22. The van der Waals surface area contributed by atoms with Crippen molar-refractivity contribution in [1.82, 2.24) is 10.3 Å². The Morgan fingerprint density at radius 2 is 1.91 bits per heavy atom. The number of hydrogen-bond donors (Lipinski definition) is 1. The summed E-state index contributed by atoms with van der Waals surface area (Å²) < 4.78 is 17.5. The van der Waals surface area contributed by atoms with Gasteiger partial charge in [0.15, 0.2) is 0 Å². The van der Waals surface area contributed by atoms with Gasteiger partial charge in [0.05, 0.1) is 29.6 Å². The van der Waals surface area contributed by atoms with Crippen molar-refractivity contribution in [3.05, 3.63) is 77.1 Å². The van der Waals surface area contributed by atoms with E-state index in [1.165, 1.54) is 19.8 Å². The molecule has 1 amide bonds. The molecular formula is C26H27ClN2O4. The minimum atomic E-state index is -0.131. The highest BCUT2D eigenvalue weighted by Gasteiger charge is 2.21. The topological polar surface area (TPSA) is 69.7 Å². The number of carbonyl (C=O) groups is 1. The number of rotatable bonds is 10. The highest BCUT2D eigenvalue weighted by atomic mass is 35.5. The molecule has 0 spiro atoms. The van der Waals surface area contributed by atoms with E-state index in [0.717, 1.165) is 23.6 Å². The molecule has 1 unspecified atom stereocenters. The Hall–Kier alpha value is -3.25.